The second kappa shape index (κ2) is 7.99. The van der Waals surface area contributed by atoms with Gasteiger partial charge in [-0.25, -0.2) is 4.79 Å². The van der Waals surface area contributed by atoms with Gasteiger partial charge in [0.2, 0.25) is 11.8 Å². The van der Waals surface area contributed by atoms with Gasteiger partial charge in [-0.05, 0) is 43.5 Å². The van der Waals surface area contributed by atoms with Gasteiger partial charge in [-0.1, -0.05) is 5.16 Å². The molecule has 1 fully saturated rings. The fourth-order valence-corrected chi connectivity index (χ4v) is 2.49. The van der Waals surface area contributed by atoms with Crippen molar-refractivity contribution in [1.29, 1.82) is 0 Å². The van der Waals surface area contributed by atoms with Gasteiger partial charge in [0.1, 0.15) is 5.75 Å². The lowest BCUT2D eigenvalue weighted by molar-refractivity contribution is -0.139. The molecule has 1 saturated carbocycles. The van der Waals surface area contributed by atoms with Crippen molar-refractivity contribution in [2.75, 3.05) is 18.6 Å². The number of nitrogens with zero attached hydrogens (tertiary/aromatic N) is 3. The van der Waals surface area contributed by atoms with E-state index in [4.69, 9.17) is 14.4 Å². The summed E-state index contributed by atoms with van der Waals surface area (Å²) in [7, 11) is 1.70. The standard InChI is InChI=1S/C18H21N3O5/c1-21(13-7-9-14(10-8-13)25-11-17(23)24)16(22)4-2-3-15-19-18(20-26-15)12-5-6-12/h7-10,12H,2-6,11H2,1H3,(H,23,24). The maximum absolute atomic E-state index is 12.3. The van der Waals surface area contributed by atoms with Crippen LogP contribution in [0.4, 0.5) is 5.69 Å². The molecule has 1 aromatic heterocycles. The molecule has 1 N–H and O–H groups in total. The van der Waals surface area contributed by atoms with E-state index in [9.17, 15) is 9.59 Å². The summed E-state index contributed by atoms with van der Waals surface area (Å²) in [5.74, 6) is 1.22. The first-order chi connectivity index (χ1) is 12.5. The Bertz CT molecular complexity index is 767. The van der Waals surface area contributed by atoms with Crippen LogP contribution < -0.4 is 9.64 Å². The normalized spacial score (nSPS) is 13.4. The van der Waals surface area contributed by atoms with Crippen LogP contribution in [0, 0.1) is 0 Å². The van der Waals surface area contributed by atoms with Gasteiger partial charge in [-0.2, -0.15) is 4.98 Å². The van der Waals surface area contributed by atoms with Gasteiger partial charge in [-0.15, -0.1) is 0 Å². The zero-order valence-corrected chi connectivity index (χ0v) is 14.6. The quantitative estimate of drug-likeness (QED) is 0.733. The fourth-order valence-electron chi connectivity index (χ4n) is 2.49. The Morgan fingerprint density at radius 1 is 1.31 bits per heavy atom. The Hall–Kier alpha value is -2.90. The SMILES string of the molecule is CN(C(=O)CCCc1nc(C2CC2)no1)c1ccc(OCC(=O)O)cc1. The number of aryl methyl sites for hydroxylation is 1. The zero-order chi connectivity index (χ0) is 18.5. The van der Waals surface area contributed by atoms with Crippen molar-refractivity contribution < 1.29 is 24.0 Å². The molecule has 138 valence electrons. The van der Waals surface area contributed by atoms with E-state index in [-0.39, 0.29) is 5.91 Å². The Labute approximate surface area is 150 Å². The highest BCUT2D eigenvalue weighted by atomic mass is 16.5. The molecule has 0 radical (unpaired) electrons. The highest BCUT2D eigenvalue weighted by Crippen LogP contribution is 2.38. The van der Waals surface area contributed by atoms with E-state index in [0.717, 1.165) is 18.7 Å². The third kappa shape index (κ3) is 4.81. The van der Waals surface area contributed by atoms with E-state index in [2.05, 4.69) is 10.1 Å². The van der Waals surface area contributed by atoms with Crippen molar-refractivity contribution in [3.63, 3.8) is 0 Å². The average molecular weight is 359 g/mol. The first kappa shape index (κ1) is 17.9. The van der Waals surface area contributed by atoms with Crippen LogP contribution in [0.5, 0.6) is 5.75 Å². The van der Waals surface area contributed by atoms with Gasteiger partial charge in [0.05, 0.1) is 0 Å². The number of carbonyl (C=O) groups excluding carboxylic acids is 1. The van der Waals surface area contributed by atoms with Crippen LogP contribution >= 0.6 is 0 Å². The Balaban J connectivity index is 1.45. The summed E-state index contributed by atoms with van der Waals surface area (Å²) in [6.07, 6.45) is 3.84. The third-order valence-electron chi connectivity index (χ3n) is 4.17. The van der Waals surface area contributed by atoms with Crippen molar-refractivity contribution in [2.24, 2.45) is 0 Å². The number of carbonyl (C=O) groups is 2. The summed E-state index contributed by atoms with van der Waals surface area (Å²) in [5.41, 5.74) is 0.714. The number of carboxylic acids is 1. The maximum atomic E-state index is 12.3. The Kier molecular flexibility index (Phi) is 5.50. The first-order valence-corrected chi connectivity index (χ1v) is 8.56. The minimum Gasteiger partial charge on any atom is -0.482 e. The monoisotopic (exact) mass is 359 g/mol. The lowest BCUT2D eigenvalue weighted by Gasteiger charge is -2.17. The van der Waals surface area contributed by atoms with Crippen LogP contribution in [0.2, 0.25) is 0 Å². The molecule has 8 heteroatoms. The third-order valence-corrected chi connectivity index (χ3v) is 4.17. The van der Waals surface area contributed by atoms with Crippen molar-refractivity contribution in [1.82, 2.24) is 10.1 Å². The number of aromatic nitrogens is 2. The molecule has 1 heterocycles. The minimum absolute atomic E-state index is 0.0221. The average Bonchev–Trinajstić information content (AvgIpc) is 3.38. The molecular formula is C18H21N3O5. The molecule has 0 aliphatic heterocycles. The van der Waals surface area contributed by atoms with Gasteiger partial charge >= 0.3 is 5.97 Å². The number of amides is 1. The van der Waals surface area contributed by atoms with Crippen LogP contribution in [0.15, 0.2) is 28.8 Å². The molecule has 1 aromatic carbocycles. The smallest absolute Gasteiger partial charge is 0.341 e. The number of anilines is 1. The maximum Gasteiger partial charge on any atom is 0.341 e. The molecule has 0 saturated heterocycles. The van der Waals surface area contributed by atoms with Crippen LogP contribution in [-0.4, -0.2) is 40.8 Å². The molecule has 1 aliphatic rings. The number of benzene rings is 1. The molecular weight excluding hydrogens is 338 g/mol. The zero-order valence-electron chi connectivity index (χ0n) is 14.6. The molecule has 3 rings (SSSR count). The topological polar surface area (TPSA) is 106 Å². The molecule has 8 nitrogen and oxygen atoms in total. The lowest BCUT2D eigenvalue weighted by Crippen LogP contribution is -2.25. The second-order valence-electron chi connectivity index (χ2n) is 6.30. The molecule has 0 unspecified atom stereocenters. The lowest BCUT2D eigenvalue weighted by atomic mass is 10.2. The number of aliphatic carboxylic acids is 1. The molecule has 1 amide bonds. The summed E-state index contributed by atoms with van der Waals surface area (Å²) < 4.78 is 10.3. The number of rotatable bonds is 9. The van der Waals surface area contributed by atoms with Gasteiger partial charge in [0.15, 0.2) is 12.4 Å². The molecule has 2 aromatic rings. The molecule has 0 atom stereocenters. The van der Waals surface area contributed by atoms with Gasteiger partial charge in [0, 0.05) is 31.5 Å². The van der Waals surface area contributed by atoms with Crippen molar-refractivity contribution in [3.8, 4) is 5.75 Å². The van der Waals surface area contributed by atoms with E-state index in [1.807, 2.05) is 0 Å². The number of carboxylic acid groups (broad SMARTS) is 1. The number of hydrogen-bond donors (Lipinski definition) is 1. The van der Waals surface area contributed by atoms with Gasteiger partial charge in [0.25, 0.3) is 0 Å². The Morgan fingerprint density at radius 3 is 2.69 bits per heavy atom. The van der Waals surface area contributed by atoms with Crippen molar-refractivity contribution >= 4 is 17.6 Å². The second-order valence-corrected chi connectivity index (χ2v) is 6.30. The highest BCUT2D eigenvalue weighted by molar-refractivity contribution is 5.92. The number of hydrogen-bond acceptors (Lipinski definition) is 6. The molecule has 1 aliphatic carbocycles. The van der Waals surface area contributed by atoms with Gasteiger partial charge in [-0.3, -0.25) is 4.79 Å². The largest absolute Gasteiger partial charge is 0.482 e. The van der Waals surface area contributed by atoms with E-state index < -0.39 is 12.6 Å². The first-order valence-electron chi connectivity index (χ1n) is 8.56. The molecule has 0 bridgehead atoms. The predicted molar refractivity (Wildman–Crippen MR) is 92.2 cm³/mol. The summed E-state index contributed by atoms with van der Waals surface area (Å²) in [6.45, 7) is -0.397. The van der Waals surface area contributed by atoms with Crippen molar-refractivity contribution in [3.05, 3.63) is 36.0 Å². The Morgan fingerprint density at radius 2 is 2.04 bits per heavy atom. The number of ether oxygens (including phenoxy) is 1. The van der Waals surface area contributed by atoms with Crippen LogP contribution in [-0.2, 0) is 16.0 Å². The fraction of sp³-hybridized carbons (Fsp3) is 0.444. The summed E-state index contributed by atoms with van der Waals surface area (Å²) in [6, 6.07) is 6.71. The molecule has 26 heavy (non-hydrogen) atoms. The van der Waals surface area contributed by atoms with E-state index in [0.29, 0.717) is 42.5 Å². The highest BCUT2D eigenvalue weighted by Gasteiger charge is 2.28. The van der Waals surface area contributed by atoms with Gasteiger partial charge < -0.3 is 19.3 Å². The summed E-state index contributed by atoms with van der Waals surface area (Å²) in [4.78, 5) is 28.7. The van der Waals surface area contributed by atoms with E-state index >= 15 is 0 Å². The van der Waals surface area contributed by atoms with Crippen LogP contribution in [0.25, 0.3) is 0 Å². The van der Waals surface area contributed by atoms with E-state index in [1.165, 1.54) is 0 Å². The minimum atomic E-state index is -1.04. The predicted octanol–water partition coefficient (Wildman–Crippen LogP) is 2.40. The van der Waals surface area contributed by atoms with Crippen molar-refractivity contribution in [2.45, 2.75) is 38.0 Å². The summed E-state index contributed by atoms with van der Waals surface area (Å²) >= 11 is 0. The van der Waals surface area contributed by atoms with Crippen LogP contribution in [0.3, 0.4) is 0 Å². The van der Waals surface area contributed by atoms with Crippen LogP contribution in [0.1, 0.15) is 43.3 Å². The van der Waals surface area contributed by atoms with E-state index in [1.54, 1.807) is 36.2 Å². The molecule has 0 spiro atoms. The summed E-state index contributed by atoms with van der Waals surface area (Å²) in [5, 5.41) is 12.6.